The Morgan fingerprint density at radius 1 is 1.15 bits per heavy atom. The molecule has 0 atom stereocenters. The van der Waals surface area contributed by atoms with Crippen LogP contribution in [-0.2, 0) is 12.2 Å². The minimum Gasteiger partial charge on any atom is -0.374 e. The van der Waals surface area contributed by atoms with E-state index in [2.05, 4.69) is 46.2 Å². The Balaban J connectivity index is 1.55. The van der Waals surface area contributed by atoms with Crippen LogP contribution in [0.25, 0.3) is 11.1 Å². The zero-order valence-corrected chi connectivity index (χ0v) is 16.2. The zero-order chi connectivity index (χ0) is 17.9. The number of anilines is 1. The fourth-order valence-corrected chi connectivity index (χ4v) is 4.41. The molecule has 0 aliphatic carbocycles. The van der Waals surface area contributed by atoms with Crippen LogP contribution in [0.5, 0.6) is 0 Å². The van der Waals surface area contributed by atoms with E-state index in [0.29, 0.717) is 5.02 Å². The molecule has 0 unspecified atom stereocenters. The molecule has 0 radical (unpaired) electrons. The fraction of sp³-hybridized carbons (Fsp3) is 0.238. The maximum atomic E-state index is 6.19. The zero-order valence-electron chi connectivity index (χ0n) is 14.7. The third-order valence-corrected chi connectivity index (χ3v) is 6.15. The van der Waals surface area contributed by atoms with E-state index in [-0.39, 0.29) is 0 Å². The van der Waals surface area contributed by atoms with Gasteiger partial charge < -0.3 is 4.90 Å². The summed E-state index contributed by atoms with van der Waals surface area (Å²) in [5.41, 5.74) is 6.34. The molecule has 5 heteroatoms. The molecule has 0 fully saturated rings. The second-order valence-electron chi connectivity index (χ2n) is 6.53. The third-order valence-electron chi connectivity index (χ3n) is 4.66. The van der Waals surface area contributed by atoms with Gasteiger partial charge in [0.15, 0.2) is 0 Å². The second-order valence-corrected chi connectivity index (χ2v) is 7.90. The van der Waals surface area contributed by atoms with Gasteiger partial charge in [-0.1, -0.05) is 17.7 Å². The van der Waals surface area contributed by atoms with Gasteiger partial charge in [0, 0.05) is 49.2 Å². The molecule has 0 saturated heterocycles. The fourth-order valence-electron chi connectivity index (χ4n) is 3.32. The highest BCUT2D eigenvalue weighted by Crippen LogP contribution is 2.32. The summed E-state index contributed by atoms with van der Waals surface area (Å²) in [5.74, 6) is 0.797. The lowest BCUT2D eigenvalue weighted by Crippen LogP contribution is -2.24. The summed E-state index contributed by atoms with van der Waals surface area (Å²) < 4.78 is 0. The first-order chi connectivity index (χ1) is 12.7. The summed E-state index contributed by atoms with van der Waals surface area (Å²) in [6.45, 7) is 1.14. The van der Waals surface area contributed by atoms with E-state index in [1.807, 2.05) is 24.5 Å². The van der Waals surface area contributed by atoms with Gasteiger partial charge in [-0.25, -0.2) is 4.98 Å². The van der Waals surface area contributed by atoms with Crippen LogP contribution in [0.2, 0.25) is 5.02 Å². The van der Waals surface area contributed by atoms with Crippen LogP contribution < -0.4 is 4.90 Å². The second kappa shape index (κ2) is 7.68. The SMILES string of the molecule is CN1CCCc2cc(-c3cncc(CSc4ncccc4Cl)c3)ccc21. The molecule has 0 saturated carbocycles. The lowest BCUT2D eigenvalue weighted by molar-refractivity contribution is 0.745. The van der Waals surface area contributed by atoms with Crippen LogP contribution >= 0.6 is 23.4 Å². The van der Waals surface area contributed by atoms with E-state index in [1.54, 1.807) is 18.0 Å². The van der Waals surface area contributed by atoms with Gasteiger partial charge in [-0.15, -0.1) is 11.8 Å². The van der Waals surface area contributed by atoms with E-state index < -0.39 is 0 Å². The van der Waals surface area contributed by atoms with Crippen molar-refractivity contribution in [3.05, 3.63) is 71.1 Å². The summed E-state index contributed by atoms with van der Waals surface area (Å²) in [4.78, 5) is 11.1. The van der Waals surface area contributed by atoms with Gasteiger partial charge >= 0.3 is 0 Å². The molecule has 26 heavy (non-hydrogen) atoms. The molecule has 132 valence electrons. The number of nitrogens with zero attached hydrogens (tertiary/aromatic N) is 3. The van der Waals surface area contributed by atoms with Crippen molar-refractivity contribution >= 4 is 29.1 Å². The average molecular weight is 382 g/mol. The first-order valence-electron chi connectivity index (χ1n) is 8.72. The number of aromatic nitrogens is 2. The monoisotopic (exact) mass is 381 g/mol. The van der Waals surface area contributed by atoms with Crippen LogP contribution in [0, 0.1) is 0 Å². The van der Waals surface area contributed by atoms with Gasteiger partial charge in [-0.05, 0) is 59.9 Å². The van der Waals surface area contributed by atoms with Crippen molar-refractivity contribution in [2.24, 2.45) is 0 Å². The largest absolute Gasteiger partial charge is 0.374 e. The highest BCUT2D eigenvalue weighted by molar-refractivity contribution is 7.98. The lowest BCUT2D eigenvalue weighted by atomic mass is 9.97. The van der Waals surface area contributed by atoms with Crippen molar-refractivity contribution < 1.29 is 0 Å². The smallest absolute Gasteiger partial charge is 0.115 e. The Hall–Kier alpha value is -2.04. The lowest BCUT2D eigenvalue weighted by Gasteiger charge is -2.27. The topological polar surface area (TPSA) is 29.0 Å². The van der Waals surface area contributed by atoms with Crippen molar-refractivity contribution in [1.29, 1.82) is 0 Å². The molecule has 3 heterocycles. The molecule has 2 aromatic heterocycles. The van der Waals surface area contributed by atoms with Crippen LogP contribution in [0.4, 0.5) is 5.69 Å². The van der Waals surface area contributed by atoms with Crippen molar-refractivity contribution in [3.8, 4) is 11.1 Å². The minimum absolute atomic E-state index is 0.695. The molecule has 0 spiro atoms. The first-order valence-corrected chi connectivity index (χ1v) is 10.1. The molecule has 0 N–H and O–H groups in total. The summed E-state index contributed by atoms with van der Waals surface area (Å²) >= 11 is 7.83. The molecule has 3 aromatic rings. The Kier molecular flexibility index (Phi) is 5.14. The Morgan fingerprint density at radius 3 is 2.96 bits per heavy atom. The van der Waals surface area contributed by atoms with E-state index in [9.17, 15) is 0 Å². The van der Waals surface area contributed by atoms with Gasteiger partial charge in [0.25, 0.3) is 0 Å². The number of thioether (sulfide) groups is 1. The third kappa shape index (κ3) is 3.71. The summed E-state index contributed by atoms with van der Waals surface area (Å²) in [6.07, 6.45) is 7.99. The predicted octanol–water partition coefficient (Wildman–Crippen LogP) is 5.47. The molecular formula is C21H20ClN3S. The molecule has 1 aliphatic rings. The highest BCUT2D eigenvalue weighted by atomic mass is 35.5. The average Bonchev–Trinajstić information content (AvgIpc) is 2.67. The maximum Gasteiger partial charge on any atom is 0.115 e. The standard InChI is InChI=1S/C21H20ClN3S/c1-25-9-3-4-17-11-16(6-7-20(17)25)18-10-15(12-23-13-18)14-26-21-19(22)5-2-8-24-21/h2,5-8,10-13H,3-4,9,14H2,1H3. The quantitative estimate of drug-likeness (QED) is 0.560. The number of pyridine rings is 2. The van der Waals surface area contributed by atoms with Crippen molar-refractivity contribution in [2.75, 3.05) is 18.5 Å². The number of halogens is 1. The summed E-state index contributed by atoms with van der Waals surface area (Å²) in [5, 5.41) is 1.55. The Labute approximate surface area is 163 Å². The maximum absolute atomic E-state index is 6.19. The number of rotatable bonds is 4. The number of aryl methyl sites for hydroxylation is 1. The highest BCUT2D eigenvalue weighted by Gasteiger charge is 2.14. The Morgan fingerprint density at radius 2 is 2.08 bits per heavy atom. The van der Waals surface area contributed by atoms with Crippen molar-refractivity contribution in [1.82, 2.24) is 9.97 Å². The molecule has 1 aromatic carbocycles. The Bertz CT molecular complexity index is 929. The van der Waals surface area contributed by atoms with E-state index in [1.165, 1.54) is 28.8 Å². The molecular weight excluding hydrogens is 362 g/mol. The van der Waals surface area contributed by atoms with Gasteiger partial charge in [-0.2, -0.15) is 0 Å². The van der Waals surface area contributed by atoms with Gasteiger partial charge in [-0.3, -0.25) is 4.98 Å². The van der Waals surface area contributed by atoms with Crippen molar-refractivity contribution in [2.45, 2.75) is 23.6 Å². The predicted molar refractivity (Wildman–Crippen MR) is 110 cm³/mol. The molecule has 0 bridgehead atoms. The van der Waals surface area contributed by atoms with E-state index in [0.717, 1.165) is 29.3 Å². The number of fused-ring (bicyclic) bond motifs is 1. The van der Waals surface area contributed by atoms with Crippen LogP contribution in [0.1, 0.15) is 17.5 Å². The van der Waals surface area contributed by atoms with Crippen LogP contribution in [-0.4, -0.2) is 23.6 Å². The number of hydrogen-bond donors (Lipinski definition) is 0. The molecule has 1 aliphatic heterocycles. The van der Waals surface area contributed by atoms with E-state index >= 15 is 0 Å². The summed E-state index contributed by atoms with van der Waals surface area (Å²) in [7, 11) is 2.17. The summed E-state index contributed by atoms with van der Waals surface area (Å²) in [6, 6.07) is 12.7. The number of hydrogen-bond acceptors (Lipinski definition) is 4. The van der Waals surface area contributed by atoms with E-state index in [4.69, 9.17) is 11.6 Å². The van der Waals surface area contributed by atoms with Crippen molar-refractivity contribution in [3.63, 3.8) is 0 Å². The van der Waals surface area contributed by atoms with Gasteiger partial charge in [0.05, 0.1) is 5.02 Å². The van der Waals surface area contributed by atoms with Crippen LogP contribution in [0.15, 0.2) is 60.0 Å². The van der Waals surface area contributed by atoms with Gasteiger partial charge in [0.1, 0.15) is 5.03 Å². The normalized spacial score (nSPS) is 13.5. The van der Waals surface area contributed by atoms with Gasteiger partial charge in [0.2, 0.25) is 0 Å². The minimum atomic E-state index is 0.695. The number of benzene rings is 1. The molecule has 4 rings (SSSR count). The van der Waals surface area contributed by atoms with Crippen LogP contribution in [0.3, 0.4) is 0 Å². The molecule has 0 amide bonds. The molecule has 3 nitrogen and oxygen atoms in total. The first kappa shape index (κ1) is 17.4.